The topological polar surface area (TPSA) is 46.3 Å². The Kier molecular flexibility index (Phi) is 4.21. The van der Waals surface area contributed by atoms with Crippen molar-refractivity contribution < 1.29 is 9.32 Å². The number of carbonyl (C=O) groups excluding carboxylic acids is 1. The molecule has 1 aromatic heterocycles. The van der Waals surface area contributed by atoms with E-state index < -0.39 is 0 Å². The zero-order valence-corrected chi connectivity index (χ0v) is 13.5. The van der Waals surface area contributed by atoms with Crippen molar-refractivity contribution >= 4 is 17.5 Å². The molecule has 3 rings (SSSR count). The fraction of sp³-hybridized carbons (Fsp3) is 0.412. The van der Waals surface area contributed by atoms with Crippen LogP contribution in [-0.2, 0) is 0 Å². The van der Waals surface area contributed by atoms with Gasteiger partial charge in [0.25, 0.3) is 5.91 Å². The Labute approximate surface area is 135 Å². The average Bonchev–Trinajstić information content (AvgIpc) is 3.17. The maximum atomic E-state index is 12.7. The molecule has 0 radical (unpaired) electrons. The molecule has 0 saturated carbocycles. The first-order valence-electron chi connectivity index (χ1n) is 7.59. The van der Waals surface area contributed by atoms with Gasteiger partial charge in [0.15, 0.2) is 5.69 Å². The molecule has 1 aromatic carbocycles. The summed E-state index contributed by atoms with van der Waals surface area (Å²) in [6.45, 7) is 4.78. The van der Waals surface area contributed by atoms with Crippen LogP contribution in [0.5, 0.6) is 0 Å². The fourth-order valence-corrected chi connectivity index (χ4v) is 2.98. The molecule has 2 heterocycles. The lowest BCUT2D eigenvalue weighted by molar-refractivity contribution is 0.0725. The molecule has 1 atom stereocenters. The van der Waals surface area contributed by atoms with Gasteiger partial charge in [0, 0.05) is 23.6 Å². The van der Waals surface area contributed by atoms with Crippen LogP contribution < -0.4 is 0 Å². The molecule has 1 fully saturated rings. The van der Waals surface area contributed by atoms with Crippen LogP contribution in [-0.4, -0.2) is 22.5 Å². The predicted molar refractivity (Wildman–Crippen MR) is 85.1 cm³/mol. The van der Waals surface area contributed by atoms with E-state index in [2.05, 4.69) is 5.16 Å². The van der Waals surface area contributed by atoms with Crippen molar-refractivity contribution in [3.8, 4) is 0 Å². The van der Waals surface area contributed by atoms with Crippen LogP contribution in [0.2, 0.25) is 5.02 Å². The number of hydrogen-bond donors (Lipinski definition) is 0. The largest absolute Gasteiger partial charge is 0.360 e. The highest BCUT2D eigenvalue weighted by molar-refractivity contribution is 6.30. The summed E-state index contributed by atoms with van der Waals surface area (Å²) in [4.78, 5) is 14.6. The highest BCUT2D eigenvalue weighted by Crippen LogP contribution is 2.33. The highest BCUT2D eigenvalue weighted by atomic mass is 35.5. The van der Waals surface area contributed by atoms with E-state index in [4.69, 9.17) is 16.1 Å². The van der Waals surface area contributed by atoms with Gasteiger partial charge in [0.05, 0.1) is 6.04 Å². The second kappa shape index (κ2) is 6.13. The standard InChI is InChI=1S/C17H19ClN2O2/c1-11(2)16-10-14(19-22-16)17(21)20-9-3-4-15(20)12-5-7-13(18)8-6-12/h5-8,10-11,15H,3-4,9H2,1-2H3. The van der Waals surface area contributed by atoms with Gasteiger partial charge >= 0.3 is 0 Å². The van der Waals surface area contributed by atoms with Crippen LogP contribution in [0.3, 0.4) is 0 Å². The lowest BCUT2D eigenvalue weighted by atomic mass is 10.0. The van der Waals surface area contributed by atoms with Gasteiger partial charge in [-0.1, -0.05) is 42.7 Å². The van der Waals surface area contributed by atoms with Gasteiger partial charge in [-0.15, -0.1) is 0 Å². The van der Waals surface area contributed by atoms with E-state index in [1.807, 2.05) is 43.0 Å². The number of halogens is 1. The monoisotopic (exact) mass is 318 g/mol. The molecule has 0 aliphatic carbocycles. The third-order valence-corrected chi connectivity index (χ3v) is 4.34. The summed E-state index contributed by atoms with van der Waals surface area (Å²) in [5.74, 6) is 0.901. The first-order valence-corrected chi connectivity index (χ1v) is 7.97. The number of benzene rings is 1. The van der Waals surface area contributed by atoms with Gasteiger partial charge in [0.1, 0.15) is 5.76 Å². The van der Waals surface area contributed by atoms with E-state index in [1.54, 1.807) is 6.07 Å². The summed E-state index contributed by atoms with van der Waals surface area (Å²) in [5, 5.41) is 4.64. The normalized spacial score (nSPS) is 18.2. The van der Waals surface area contributed by atoms with E-state index in [-0.39, 0.29) is 17.9 Å². The van der Waals surface area contributed by atoms with Crippen LogP contribution in [0, 0.1) is 0 Å². The van der Waals surface area contributed by atoms with Crippen LogP contribution in [0.25, 0.3) is 0 Å². The fourth-order valence-electron chi connectivity index (χ4n) is 2.85. The molecule has 2 aromatic rings. The third-order valence-electron chi connectivity index (χ3n) is 4.08. The SMILES string of the molecule is CC(C)c1cc(C(=O)N2CCCC2c2ccc(Cl)cc2)no1. The second-order valence-corrected chi connectivity index (χ2v) is 6.41. The average molecular weight is 319 g/mol. The van der Waals surface area contributed by atoms with E-state index >= 15 is 0 Å². The molecule has 1 amide bonds. The van der Waals surface area contributed by atoms with E-state index in [0.29, 0.717) is 10.7 Å². The van der Waals surface area contributed by atoms with Crippen LogP contribution in [0.4, 0.5) is 0 Å². The van der Waals surface area contributed by atoms with E-state index in [0.717, 1.165) is 30.7 Å². The van der Waals surface area contributed by atoms with Crippen molar-refractivity contribution in [1.29, 1.82) is 0 Å². The zero-order valence-electron chi connectivity index (χ0n) is 12.8. The molecule has 1 unspecified atom stereocenters. The highest BCUT2D eigenvalue weighted by Gasteiger charge is 2.32. The summed E-state index contributed by atoms with van der Waals surface area (Å²) < 4.78 is 5.25. The number of carbonyl (C=O) groups is 1. The molecular weight excluding hydrogens is 300 g/mol. The Morgan fingerprint density at radius 1 is 1.36 bits per heavy atom. The molecular formula is C17H19ClN2O2. The third kappa shape index (κ3) is 2.88. The Bertz CT molecular complexity index is 664. The van der Waals surface area contributed by atoms with Crippen LogP contribution >= 0.6 is 11.6 Å². The molecule has 1 saturated heterocycles. The number of likely N-dealkylation sites (tertiary alicyclic amines) is 1. The van der Waals surface area contributed by atoms with Gasteiger partial charge < -0.3 is 9.42 Å². The molecule has 1 aliphatic heterocycles. The Morgan fingerprint density at radius 2 is 2.09 bits per heavy atom. The van der Waals surface area contributed by atoms with Crippen molar-refractivity contribution in [1.82, 2.24) is 10.1 Å². The molecule has 116 valence electrons. The second-order valence-electron chi connectivity index (χ2n) is 5.98. The van der Waals surface area contributed by atoms with Crippen LogP contribution in [0.15, 0.2) is 34.9 Å². The molecule has 0 bridgehead atoms. The molecule has 22 heavy (non-hydrogen) atoms. The van der Waals surface area contributed by atoms with Crippen molar-refractivity contribution in [2.75, 3.05) is 6.54 Å². The molecule has 5 heteroatoms. The van der Waals surface area contributed by atoms with Gasteiger partial charge in [-0.2, -0.15) is 0 Å². The molecule has 0 N–H and O–H groups in total. The number of amides is 1. The maximum Gasteiger partial charge on any atom is 0.276 e. The summed E-state index contributed by atoms with van der Waals surface area (Å²) in [5.41, 5.74) is 1.51. The quantitative estimate of drug-likeness (QED) is 0.841. The molecule has 1 aliphatic rings. The summed E-state index contributed by atoms with van der Waals surface area (Å²) in [6.07, 6.45) is 1.95. The van der Waals surface area contributed by atoms with Gasteiger partial charge in [-0.05, 0) is 30.5 Å². The smallest absolute Gasteiger partial charge is 0.276 e. The number of hydrogen-bond acceptors (Lipinski definition) is 3. The van der Waals surface area contributed by atoms with Crippen molar-refractivity contribution in [2.45, 2.75) is 38.6 Å². The van der Waals surface area contributed by atoms with Gasteiger partial charge in [-0.3, -0.25) is 4.79 Å². The Morgan fingerprint density at radius 3 is 2.73 bits per heavy atom. The minimum absolute atomic E-state index is 0.0619. The zero-order chi connectivity index (χ0) is 15.7. The van der Waals surface area contributed by atoms with Crippen molar-refractivity contribution in [3.63, 3.8) is 0 Å². The number of aromatic nitrogens is 1. The van der Waals surface area contributed by atoms with E-state index in [1.165, 1.54) is 0 Å². The maximum absolute atomic E-state index is 12.7. The van der Waals surface area contributed by atoms with Crippen LogP contribution in [0.1, 0.15) is 60.5 Å². The van der Waals surface area contributed by atoms with Gasteiger partial charge in [0.2, 0.25) is 0 Å². The molecule has 0 spiro atoms. The van der Waals surface area contributed by atoms with E-state index in [9.17, 15) is 4.79 Å². The Balaban J connectivity index is 1.82. The lowest BCUT2D eigenvalue weighted by Gasteiger charge is -2.24. The number of nitrogens with zero attached hydrogens (tertiary/aromatic N) is 2. The summed E-state index contributed by atoms with van der Waals surface area (Å²) >= 11 is 5.94. The predicted octanol–water partition coefficient (Wildman–Crippen LogP) is 4.43. The minimum Gasteiger partial charge on any atom is -0.360 e. The first-order chi connectivity index (χ1) is 10.6. The summed E-state index contributed by atoms with van der Waals surface area (Å²) in [6, 6.07) is 9.55. The minimum atomic E-state index is -0.0619. The molecule has 4 nitrogen and oxygen atoms in total. The van der Waals surface area contributed by atoms with Crippen molar-refractivity contribution in [2.24, 2.45) is 0 Å². The Hall–Kier alpha value is -1.81. The first kappa shape index (κ1) is 15.1. The van der Waals surface area contributed by atoms with Gasteiger partial charge in [-0.25, -0.2) is 0 Å². The summed E-state index contributed by atoms with van der Waals surface area (Å²) in [7, 11) is 0. The number of rotatable bonds is 3. The lowest BCUT2D eigenvalue weighted by Crippen LogP contribution is -2.30. The van der Waals surface area contributed by atoms with Crippen molar-refractivity contribution in [3.05, 3.63) is 52.4 Å².